The average molecular weight is 472 g/mol. The average Bonchev–Trinajstić information content (AvgIpc) is 2.84. The number of quaternary nitrogens is 1. The Labute approximate surface area is 210 Å². The van der Waals surface area contributed by atoms with E-state index in [0.717, 1.165) is 62.6 Å². The third kappa shape index (κ3) is 17.1. The van der Waals surface area contributed by atoms with Gasteiger partial charge < -0.3 is 25.4 Å². The van der Waals surface area contributed by atoms with Gasteiger partial charge in [0.05, 0.1) is 25.7 Å². The smallest absolute Gasteiger partial charge is 0.386 e. The van der Waals surface area contributed by atoms with Crippen molar-refractivity contribution < 1.29 is 18.4 Å². The Hall–Kier alpha value is -0.0951. The fourth-order valence-corrected chi connectivity index (χ4v) is 4.18. The van der Waals surface area contributed by atoms with Crippen LogP contribution in [0.15, 0.2) is 0 Å². The van der Waals surface area contributed by atoms with Gasteiger partial charge in [0.15, 0.2) is 0 Å². The van der Waals surface area contributed by atoms with Crippen molar-refractivity contribution in [2.24, 2.45) is 0 Å². The molecule has 0 saturated carbocycles. The number of unbranched alkanes of at least 4 members (excludes halogenated alkanes) is 7. The van der Waals surface area contributed by atoms with Gasteiger partial charge in [-0.25, -0.2) is 0 Å². The lowest BCUT2D eigenvalue weighted by molar-refractivity contribution is -0.947. The topological polar surface area (TPSA) is 27.7 Å². The number of likely N-dealkylation sites (N-methyl/N-ethyl adjacent to an activating group) is 1. The summed E-state index contributed by atoms with van der Waals surface area (Å²) in [4.78, 5) is 0. The van der Waals surface area contributed by atoms with Crippen molar-refractivity contribution in [2.45, 2.75) is 145 Å². The Bertz CT molecular complexity index is 360. The molecule has 0 aliphatic carbocycles. The monoisotopic (exact) mass is 471 g/mol. The molecule has 0 radical (unpaired) electrons. The summed E-state index contributed by atoms with van der Waals surface area (Å²) in [6.45, 7) is 26.5. The van der Waals surface area contributed by atoms with Crippen molar-refractivity contribution in [3.05, 3.63) is 6.92 Å². The minimum Gasteiger partial charge on any atom is -0.386 e. The van der Waals surface area contributed by atoms with E-state index in [-0.39, 0.29) is 6.10 Å². The van der Waals surface area contributed by atoms with Crippen LogP contribution in [0.2, 0.25) is 0 Å². The maximum Gasteiger partial charge on any atom is 0.639 e. The van der Waals surface area contributed by atoms with E-state index in [4.69, 9.17) is 14.0 Å². The van der Waals surface area contributed by atoms with Crippen molar-refractivity contribution in [3.8, 4) is 0 Å². The fraction of sp³-hybridized carbons (Fsp3) is 0.964. The van der Waals surface area contributed by atoms with Crippen LogP contribution in [0.3, 0.4) is 0 Å². The van der Waals surface area contributed by atoms with Crippen molar-refractivity contribution in [2.75, 3.05) is 32.8 Å². The zero-order valence-electron chi connectivity index (χ0n) is 24.1. The molecule has 0 aromatic carbocycles. The van der Waals surface area contributed by atoms with Crippen LogP contribution in [0.1, 0.15) is 132 Å². The molecular formula is C28H62BNO3. The normalized spacial score (nSPS) is 13.4. The summed E-state index contributed by atoms with van der Waals surface area (Å²) in [6.07, 6.45) is 14.4. The van der Waals surface area contributed by atoms with E-state index in [9.17, 15) is 0 Å². The summed E-state index contributed by atoms with van der Waals surface area (Å²) in [5, 5.41) is 0. The Morgan fingerprint density at radius 3 is 1.52 bits per heavy atom. The predicted octanol–water partition coefficient (Wildman–Crippen LogP) is 8.24. The molecule has 0 spiro atoms. The predicted molar refractivity (Wildman–Crippen MR) is 147 cm³/mol. The molecule has 0 N–H and O–H groups in total. The molecule has 0 aliphatic rings. The first-order valence-corrected chi connectivity index (χ1v) is 14.5. The first-order chi connectivity index (χ1) is 16.0. The van der Waals surface area contributed by atoms with Gasteiger partial charge in [-0.05, 0) is 47.0 Å². The Balaban J connectivity index is 0. The van der Waals surface area contributed by atoms with Gasteiger partial charge >= 0.3 is 7.32 Å². The number of rotatable bonds is 22. The first kappa shape index (κ1) is 35.1. The third-order valence-electron chi connectivity index (χ3n) is 7.03. The van der Waals surface area contributed by atoms with E-state index in [0.29, 0.717) is 19.3 Å². The molecule has 2 unspecified atom stereocenters. The SMILES string of the molecule is CCCCCCCC(OB(OCCCC)OCCCC)C(C)[N+](CC)(CC)CC.[CH2-]CCC. The van der Waals surface area contributed by atoms with E-state index in [1.165, 1.54) is 38.5 Å². The molecule has 0 aromatic rings. The molecule has 0 heterocycles. The van der Waals surface area contributed by atoms with E-state index in [1.54, 1.807) is 0 Å². The van der Waals surface area contributed by atoms with Crippen LogP contribution in [-0.4, -0.2) is 56.8 Å². The zero-order valence-corrected chi connectivity index (χ0v) is 24.1. The zero-order chi connectivity index (χ0) is 25.4. The highest BCUT2D eigenvalue weighted by molar-refractivity contribution is 6.36. The molecule has 200 valence electrons. The third-order valence-corrected chi connectivity index (χ3v) is 7.03. The molecular weight excluding hydrogens is 409 g/mol. The van der Waals surface area contributed by atoms with Gasteiger partial charge in [0.25, 0.3) is 0 Å². The van der Waals surface area contributed by atoms with Crippen LogP contribution in [0.4, 0.5) is 0 Å². The van der Waals surface area contributed by atoms with Gasteiger partial charge in [0.2, 0.25) is 0 Å². The molecule has 0 aromatic heterocycles. The van der Waals surface area contributed by atoms with Gasteiger partial charge in [-0.2, -0.15) is 6.42 Å². The largest absolute Gasteiger partial charge is 0.639 e. The second-order valence-electron chi connectivity index (χ2n) is 9.38. The molecule has 0 fully saturated rings. The Morgan fingerprint density at radius 2 is 1.12 bits per heavy atom. The minimum absolute atomic E-state index is 0.171. The second-order valence-corrected chi connectivity index (χ2v) is 9.38. The summed E-state index contributed by atoms with van der Waals surface area (Å²) in [5.74, 6) is 0. The fourth-order valence-electron chi connectivity index (χ4n) is 4.18. The van der Waals surface area contributed by atoms with Crippen LogP contribution in [-0.2, 0) is 14.0 Å². The van der Waals surface area contributed by atoms with Crippen molar-refractivity contribution in [3.63, 3.8) is 0 Å². The summed E-state index contributed by atoms with van der Waals surface area (Å²) < 4.78 is 19.7. The van der Waals surface area contributed by atoms with Gasteiger partial charge in [0.1, 0.15) is 6.04 Å². The molecule has 0 aliphatic heterocycles. The standard InChI is InChI=1S/C24H53BNO3.C4H9/c1-8-14-17-18-19-20-24(23(7)26(11-4,12-5)13-6)29-25(27-21-15-9-2)28-22-16-10-3;1-3-4-2/h23-24H,8-22H2,1-7H3;1,3-4H2,2H3/q+1;-1. The molecule has 0 saturated heterocycles. The summed E-state index contributed by atoms with van der Waals surface area (Å²) in [7, 11) is -0.524. The summed E-state index contributed by atoms with van der Waals surface area (Å²) in [5.41, 5.74) is 0. The summed E-state index contributed by atoms with van der Waals surface area (Å²) in [6, 6.07) is 0.438. The van der Waals surface area contributed by atoms with E-state index in [2.05, 4.69) is 62.3 Å². The van der Waals surface area contributed by atoms with Gasteiger partial charge in [-0.3, -0.25) is 0 Å². The van der Waals surface area contributed by atoms with Crippen molar-refractivity contribution in [1.82, 2.24) is 0 Å². The quantitative estimate of drug-likeness (QED) is 0.0689. The first-order valence-electron chi connectivity index (χ1n) is 14.5. The Morgan fingerprint density at radius 1 is 0.667 bits per heavy atom. The van der Waals surface area contributed by atoms with Crippen molar-refractivity contribution in [1.29, 1.82) is 0 Å². The highest BCUT2D eigenvalue weighted by Gasteiger charge is 2.38. The van der Waals surface area contributed by atoms with E-state index in [1.807, 2.05) is 0 Å². The van der Waals surface area contributed by atoms with Crippen LogP contribution < -0.4 is 0 Å². The summed E-state index contributed by atoms with van der Waals surface area (Å²) >= 11 is 0. The number of nitrogens with zero attached hydrogens (tertiary/aromatic N) is 1. The highest BCUT2D eigenvalue weighted by Crippen LogP contribution is 2.23. The molecule has 5 heteroatoms. The van der Waals surface area contributed by atoms with Gasteiger partial charge in [-0.15, -0.1) is 0 Å². The van der Waals surface area contributed by atoms with E-state index >= 15 is 0 Å². The number of hydrogen-bond acceptors (Lipinski definition) is 3. The van der Waals surface area contributed by atoms with Crippen LogP contribution in [0.5, 0.6) is 0 Å². The maximum absolute atomic E-state index is 6.56. The molecule has 0 rings (SSSR count). The molecule has 33 heavy (non-hydrogen) atoms. The van der Waals surface area contributed by atoms with Crippen LogP contribution >= 0.6 is 0 Å². The second kappa shape index (κ2) is 25.0. The Kier molecular flexibility index (Phi) is 26.6. The van der Waals surface area contributed by atoms with Gasteiger partial charge in [-0.1, -0.05) is 79.1 Å². The van der Waals surface area contributed by atoms with E-state index < -0.39 is 7.32 Å². The minimum atomic E-state index is -0.524. The maximum atomic E-state index is 6.56. The molecule has 4 nitrogen and oxygen atoms in total. The lowest BCUT2D eigenvalue weighted by atomic mass is 9.98. The lowest BCUT2D eigenvalue weighted by Crippen LogP contribution is -2.59. The molecule has 0 bridgehead atoms. The van der Waals surface area contributed by atoms with Crippen LogP contribution in [0, 0.1) is 6.92 Å². The van der Waals surface area contributed by atoms with Gasteiger partial charge in [0, 0.05) is 13.2 Å². The molecule has 2 atom stereocenters. The van der Waals surface area contributed by atoms with Crippen molar-refractivity contribution >= 4 is 7.32 Å². The van der Waals surface area contributed by atoms with Crippen LogP contribution in [0.25, 0.3) is 0 Å². The number of hydrogen-bond donors (Lipinski definition) is 0. The highest BCUT2D eigenvalue weighted by atomic mass is 16.7. The lowest BCUT2D eigenvalue weighted by Gasteiger charge is -2.45. The molecule has 0 amide bonds.